The number of amides is 3. The summed E-state index contributed by atoms with van der Waals surface area (Å²) < 4.78 is 6.31. The minimum Gasteiger partial charge on any atom is -0.378 e. The van der Waals surface area contributed by atoms with Crippen LogP contribution in [-0.2, 0) is 9.53 Å². The van der Waals surface area contributed by atoms with Gasteiger partial charge in [0.2, 0.25) is 5.91 Å². The number of ether oxygens (including phenoxy) is 1. The van der Waals surface area contributed by atoms with Gasteiger partial charge in [-0.15, -0.1) is 11.8 Å². The zero-order valence-corrected chi connectivity index (χ0v) is 21.1. The Morgan fingerprint density at radius 3 is 2.12 bits per heavy atom. The minimum absolute atomic E-state index is 0.00569. The van der Waals surface area contributed by atoms with Gasteiger partial charge in [0, 0.05) is 29.4 Å². The van der Waals surface area contributed by atoms with E-state index in [0.29, 0.717) is 49.2 Å². The summed E-state index contributed by atoms with van der Waals surface area (Å²) >= 11 is 2.96. The SMILES string of the molecule is C=C(NC(=O)N(C1CCCCC1)C1CCCCC1)S/C(=C\C)SCC(=O)N1CCOCC1. The van der Waals surface area contributed by atoms with Crippen molar-refractivity contribution in [2.24, 2.45) is 0 Å². The van der Waals surface area contributed by atoms with Gasteiger partial charge in [0.25, 0.3) is 0 Å². The molecule has 0 aromatic carbocycles. The molecule has 6 nitrogen and oxygen atoms in total. The molecule has 0 spiro atoms. The van der Waals surface area contributed by atoms with E-state index < -0.39 is 0 Å². The van der Waals surface area contributed by atoms with Gasteiger partial charge in [-0.3, -0.25) is 4.79 Å². The molecule has 1 saturated heterocycles. The summed E-state index contributed by atoms with van der Waals surface area (Å²) in [5.74, 6) is 0.526. The Morgan fingerprint density at radius 1 is 1.03 bits per heavy atom. The van der Waals surface area contributed by atoms with Gasteiger partial charge in [0.15, 0.2) is 0 Å². The Bertz CT molecular complexity index is 649. The fourth-order valence-corrected chi connectivity index (χ4v) is 6.72. The third kappa shape index (κ3) is 7.73. The van der Waals surface area contributed by atoms with Gasteiger partial charge in [-0.25, -0.2) is 4.79 Å². The molecular weight excluding hydrogens is 442 g/mol. The Hall–Kier alpha value is -1.12. The maximum atomic E-state index is 13.3. The van der Waals surface area contributed by atoms with Crippen molar-refractivity contribution in [1.29, 1.82) is 0 Å². The van der Waals surface area contributed by atoms with Crippen LogP contribution in [0.2, 0.25) is 0 Å². The predicted octanol–water partition coefficient (Wildman–Crippen LogP) is 5.32. The van der Waals surface area contributed by atoms with E-state index in [9.17, 15) is 9.59 Å². The fraction of sp³-hybridized carbons (Fsp3) is 0.750. The minimum atomic E-state index is 0.00569. The lowest BCUT2D eigenvalue weighted by Crippen LogP contribution is -2.52. The summed E-state index contributed by atoms with van der Waals surface area (Å²) in [6.07, 6.45) is 13.9. The van der Waals surface area contributed by atoms with Gasteiger partial charge in [-0.05, 0) is 32.6 Å². The van der Waals surface area contributed by atoms with Crippen LogP contribution < -0.4 is 5.32 Å². The van der Waals surface area contributed by atoms with E-state index in [0.717, 1.165) is 29.9 Å². The highest BCUT2D eigenvalue weighted by atomic mass is 32.2. The highest BCUT2D eigenvalue weighted by Gasteiger charge is 2.32. The van der Waals surface area contributed by atoms with Crippen LogP contribution in [0.15, 0.2) is 21.9 Å². The summed E-state index contributed by atoms with van der Waals surface area (Å²) in [5.41, 5.74) is 0. The van der Waals surface area contributed by atoms with E-state index in [-0.39, 0.29) is 11.9 Å². The molecule has 2 aliphatic carbocycles. The molecule has 0 aromatic heterocycles. The van der Waals surface area contributed by atoms with Gasteiger partial charge in [0.05, 0.1) is 24.0 Å². The second-order valence-electron chi connectivity index (χ2n) is 8.84. The van der Waals surface area contributed by atoms with E-state index in [1.807, 2.05) is 17.9 Å². The number of urea groups is 1. The standard InChI is InChI=1S/C24H39N3O3S2/c1-3-23(31-18-22(28)26-14-16-30-17-15-26)32-19(2)25-24(29)27(20-10-6-4-7-11-20)21-12-8-5-9-13-21/h3,20-21H,2,4-18H2,1H3,(H,25,29)/b23-3-. The van der Waals surface area contributed by atoms with Gasteiger partial charge in [0.1, 0.15) is 0 Å². The highest BCUT2D eigenvalue weighted by molar-refractivity contribution is 8.24. The molecule has 1 N–H and O–H groups in total. The third-order valence-corrected chi connectivity index (χ3v) is 8.88. The zero-order valence-electron chi connectivity index (χ0n) is 19.5. The van der Waals surface area contributed by atoms with Crippen molar-refractivity contribution >= 4 is 35.5 Å². The van der Waals surface area contributed by atoms with Crippen molar-refractivity contribution in [3.8, 4) is 0 Å². The normalized spacial score (nSPS) is 21.3. The maximum absolute atomic E-state index is 13.3. The van der Waals surface area contributed by atoms with Crippen LogP contribution >= 0.6 is 23.5 Å². The molecule has 0 bridgehead atoms. The van der Waals surface area contributed by atoms with Gasteiger partial charge in [-0.1, -0.05) is 62.9 Å². The van der Waals surface area contributed by atoms with Crippen LogP contribution in [0.5, 0.6) is 0 Å². The van der Waals surface area contributed by atoms with E-state index >= 15 is 0 Å². The molecule has 1 aliphatic heterocycles. The number of hydrogen-bond acceptors (Lipinski definition) is 5. The molecule has 0 unspecified atom stereocenters. The number of carbonyl (C=O) groups excluding carboxylic acids is 2. The lowest BCUT2D eigenvalue weighted by atomic mass is 9.89. The Kier molecular flexibility index (Phi) is 10.8. The molecule has 1 heterocycles. The molecule has 0 radical (unpaired) electrons. The van der Waals surface area contributed by atoms with Crippen LogP contribution in [0, 0.1) is 0 Å². The van der Waals surface area contributed by atoms with Gasteiger partial charge < -0.3 is 19.9 Å². The van der Waals surface area contributed by atoms with Crippen molar-refractivity contribution in [3.05, 3.63) is 21.9 Å². The topological polar surface area (TPSA) is 61.9 Å². The second kappa shape index (κ2) is 13.6. The molecule has 32 heavy (non-hydrogen) atoms. The van der Waals surface area contributed by atoms with Crippen molar-refractivity contribution in [1.82, 2.24) is 15.1 Å². The molecule has 3 fully saturated rings. The number of allylic oxidation sites excluding steroid dienone is 1. The molecule has 3 rings (SSSR count). The van der Waals surface area contributed by atoms with Crippen molar-refractivity contribution in [2.45, 2.75) is 83.2 Å². The highest BCUT2D eigenvalue weighted by Crippen LogP contribution is 2.34. The number of morpholine rings is 1. The van der Waals surface area contributed by atoms with Crippen LogP contribution in [-0.4, -0.2) is 65.9 Å². The molecular formula is C24H39N3O3S2. The van der Waals surface area contributed by atoms with E-state index in [1.165, 1.54) is 62.0 Å². The van der Waals surface area contributed by atoms with Crippen LogP contribution in [0.3, 0.4) is 0 Å². The van der Waals surface area contributed by atoms with Crippen molar-refractivity contribution < 1.29 is 14.3 Å². The average molecular weight is 482 g/mol. The Balaban J connectivity index is 1.51. The zero-order chi connectivity index (χ0) is 22.8. The molecule has 2 saturated carbocycles. The summed E-state index contributed by atoms with van der Waals surface area (Å²) in [4.78, 5) is 29.8. The predicted molar refractivity (Wildman–Crippen MR) is 134 cm³/mol. The lowest BCUT2D eigenvalue weighted by molar-refractivity contribution is -0.132. The molecule has 0 aromatic rings. The maximum Gasteiger partial charge on any atom is 0.322 e. The number of nitrogens with zero attached hydrogens (tertiary/aromatic N) is 2. The smallest absolute Gasteiger partial charge is 0.322 e. The number of thioether (sulfide) groups is 2. The van der Waals surface area contributed by atoms with Gasteiger partial charge >= 0.3 is 6.03 Å². The number of hydrogen-bond donors (Lipinski definition) is 1. The first kappa shape index (κ1) is 25.5. The molecule has 0 atom stereocenters. The van der Waals surface area contributed by atoms with Crippen LogP contribution in [0.1, 0.15) is 71.1 Å². The van der Waals surface area contributed by atoms with Crippen LogP contribution in [0.4, 0.5) is 4.79 Å². The largest absolute Gasteiger partial charge is 0.378 e. The lowest BCUT2D eigenvalue weighted by Gasteiger charge is -2.41. The summed E-state index contributed by atoms with van der Waals surface area (Å²) in [6.45, 7) is 8.63. The van der Waals surface area contributed by atoms with Gasteiger partial charge in [-0.2, -0.15) is 0 Å². The first-order valence-electron chi connectivity index (χ1n) is 12.2. The number of rotatable bonds is 8. The van der Waals surface area contributed by atoms with Crippen molar-refractivity contribution in [2.75, 3.05) is 32.1 Å². The third-order valence-electron chi connectivity index (χ3n) is 6.58. The number of nitrogens with one attached hydrogen (secondary N) is 1. The van der Waals surface area contributed by atoms with E-state index in [4.69, 9.17) is 4.74 Å². The number of carbonyl (C=O) groups is 2. The first-order valence-corrected chi connectivity index (χ1v) is 14.0. The second-order valence-corrected chi connectivity index (χ2v) is 11.2. The Labute approximate surface area is 201 Å². The quantitative estimate of drug-likeness (QED) is 0.508. The first-order chi connectivity index (χ1) is 15.6. The molecule has 3 amide bonds. The molecule has 3 aliphatic rings. The van der Waals surface area contributed by atoms with Crippen molar-refractivity contribution in [3.63, 3.8) is 0 Å². The molecule has 180 valence electrons. The monoisotopic (exact) mass is 481 g/mol. The summed E-state index contributed by atoms with van der Waals surface area (Å²) in [6, 6.07) is 0.712. The fourth-order valence-electron chi connectivity index (χ4n) is 4.89. The Morgan fingerprint density at radius 2 is 1.59 bits per heavy atom. The van der Waals surface area contributed by atoms with E-state index in [1.54, 1.807) is 0 Å². The summed E-state index contributed by atoms with van der Waals surface area (Å²) in [7, 11) is 0. The molecule has 8 heteroatoms. The van der Waals surface area contributed by atoms with E-state index in [2.05, 4.69) is 16.8 Å². The van der Waals surface area contributed by atoms with Crippen LogP contribution in [0.25, 0.3) is 0 Å². The average Bonchev–Trinajstić information content (AvgIpc) is 2.83. The summed E-state index contributed by atoms with van der Waals surface area (Å²) in [5, 5.41) is 3.71.